The van der Waals surface area contributed by atoms with E-state index >= 15 is 0 Å². The SMILES string of the molecule is CC#CCOC(=O)N1CCC[C@H](CNc2nc(-c3c[nH]c4ncc(Cl)cc34)ncc2F)C1. The molecule has 1 amide bonds. The maximum absolute atomic E-state index is 14.4. The van der Waals surface area contributed by atoms with Crippen LogP contribution in [0, 0.1) is 23.6 Å². The lowest BCUT2D eigenvalue weighted by Gasteiger charge is -2.32. The Morgan fingerprint density at radius 3 is 3.16 bits per heavy atom. The van der Waals surface area contributed by atoms with Gasteiger partial charge in [0.25, 0.3) is 0 Å². The summed E-state index contributed by atoms with van der Waals surface area (Å²) in [6.45, 7) is 3.40. The Bertz CT molecular complexity index is 1190. The second-order valence-corrected chi connectivity index (χ2v) is 7.90. The zero-order valence-electron chi connectivity index (χ0n) is 17.5. The number of fused-ring (bicyclic) bond motifs is 1. The van der Waals surface area contributed by atoms with Crippen LogP contribution in [0.1, 0.15) is 19.8 Å². The number of rotatable bonds is 5. The molecule has 1 aliphatic rings. The summed E-state index contributed by atoms with van der Waals surface area (Å²) in [7, 11) is 0. The number of anilines is 1. The topological polar surface area (TPSA) is 96.0 Å². The van der Waals surface area contributed by atoms with Gasteiger partial charge in [-0.05, 0) is 31.7 Å². The number of piperidine rings is 1. The number of aromatic nitrogens is 4. The van der Waals surface area contributed by atoms with Gasteiger partial charge in [-0.1, -0.05) is 17.5 Å². The fourth-order valence-electron chi connectivity index (χ4n) is 3.68. The third kappa shape index (κ3) is 4.92. The van der Waals surface area contributed by atoms with Gasteiger partial charge in [0.15, 0.2) is 24.1 Å². The van der Waals surface area contributed by atoms with E-state index in [-0.39, 0.29) is 24.4 Å². The van der Waals surface area contributed by atoms with Crippen molar-refractivity contribution in [2.24, 2.45) is 5.92 Å². The molecule has 8 nitrogen and oxygen atoms in total. The van der Waals surface area contributed by atoms with Crippen molar-refractivity contribution in [2.75, 3.05) is 31.6 Å². The van der Waals surface area contributed by atoms with Gasteiger partial charge in [0.1, 0.15) is 5.65 Å². The predicted octanol–water partition coefficient (Wildman–Crippen LogP) is 4.10. The van der Waals surface area contributed by atoms with Crippen molar-refractivity contribution in [1.29, 1.82) is 0 Å². The van der Waals surface area contributed by atoms with Crippen molar-refractivity contribution in [1.82, 2.24) is 24.8 Å². The lowest BCUT2D eigenvalue weighted by molar-refractivity contribution is 0.0955. The van der Waals surface area contributed by atoms with Gasteiger partial charge in [-0.25, -0.2) is 24.1 Å². The number of amides is 1. The molecule has 0 bridgehead atoms. The molecule has 0 aromatic carbocycles. The van der Waals surface area contributed by atoms with E-state index in [4.69, 9.17) is 16.3 Å². The summed E-state index contributed by atoms with van der Waals surface area (Å²) in [5, 5.41) is 4.32. The molecule has 3 aromatic rings. The quantitative estimate of drug-likeness (QED) is 0.561. The molecule has 0 saturated carbocycles. The molecular formula is C22H22ClFN6O2. The lowest BCUT2D eigenvalue weighted by Crippen LogP contribution is -2.42. The highest BCUT2D eigenvalue weighted by Gasteiger charge is 2.25. The van der Waals surface area contributed by atoms with Gasteiger partial charge in [0.2, 0.25) is 0 Å². The largest absolute Gasteiger partial charge is 0.436 e. The van der Waals surface area contributed by atoms with Crippen LogP contribution < -0.4 is 5.32 Å². The number of nitrogens with one attached hydrogen (secondary N) is 2. The molecule has 10 heteroatoms. The van der Waals surface area contributed by atoms with Gasteiger partial charge in [-0.2, -0.15) is 0 Å². The average molecular weight is 457 g/mol. The summed E-state index contributed by atoms with van der Waals surface area (Å²) in [5.74, 6) is 5.46. The first-order valence-electron chi connectivity index (χ1n) is 10.3. The summed E-state index contributed by atoms with van der Waals surface area (Å²) < 4.78 is 19.5. The number of pyridine rings is 1. The van der Waals surface area contributed by atoms with Crippen molar-refractivity contribution in [3.8, 4) is 23.2 Å². The molecule has 166 valence electrons. The fourth-order valence-corrected chi connectivity index (χ4v) is 3.84. The monoisotopic (exact) mass is 456 g/mol. The van der Waals surface area contributed by atoms with Gasteiger partial charge in [0, 0.05) is 43.0 Å². The molecule has 2 N–H and O–H groups in total. The predicted molar refractivity (Wildman–Crippen MR) is 120 cm³/mol. The van der Waals surface area contributed by atoms with Crippen molar-refractivity contribution < 1.29 is 13.9 Å². The molecule has 4 heterocycles. The molecule has 0 aliphatic carbocycles. The van der Waals surface area contributed by atoms with Crippen LogP contribution in [-0.4, -0.2) is 57.2 Å². The Kier molecular flexibility index (Phi) is 6.71. The van der Waals surface area contributed by atoms with Gasteiger partial charge < -0.3 is 19.9 Å². The smallest absolute Gasteiger partial charge is 0.410 e. The highest BCUT2D eigenvalue weighted by atomic mass is 35.5. The van der Waals surface area contributed by atoms with E-state index in [1.54, 1.807) is 30.3 Å². The van der Waals surface area contributed by atoms with Crippen LogP contribution in [-0.2, 0) is 4.74 Å². The van der Waals surface area contributed by atoms with Crippen LogP contribution >= 0.6 is 11.6 Å². The molecule has 3 aromatic heterocycles. The highest BCUT2D eigenvalue weighted by Crippen LogP contribution is 2.28. The Hall–Kier alpha value is -3.38. The van der Waals surface area contributed by atoms with Crippen molar-refractivity contribution in [2.45, 2.75) is 19.8 Å². The Balaban J connectivity index is 1.44. The first-order chi connectivity index (χ1) is 15.5. The number of carbonyl (C=O) groups excluding carboxylic acids is 1. The molecule has 1 fully saturated rings. The average Bonchev–Trinajstić information content (AvgIpc) is 3.22. The van der Waals surface area contributed by atoms with Gasteiger partial charge >= 0.3 is 6.09 Å². The zero-order chi connectivity index (χ0) is 22.5. The molecule has 4 rings (SSSR count). The van der Waals surface area contributed by atoms with Gasteiger partial charge in [-0.3, -0.25) is 0 Å². The minimum atomic E-state index is -0.546. The Morgan fingerprint density at radius 1 is 1.44 bits per heavy atom. The normalized spacial score (nSPS) is 15.8. The summed E-state index contributed by atoms with van der Waals surface area (Å²) in [6.07, 6.45) is 5.79. The number of H-pyrrole nitrogens is 1. The van der Waals surface area contributed by atoms with Crippen molar-refractivity contribution in [3.05, 3.63) is 35.5 Å². The summed E-state index contributed by atoms with van der Waals surface area (Å²) >= 11 is 6.06. The standard InChI is InChI=1S/C22H22ClFN6O2/c1-2-3-7-32-22(31)30-6-4-5-14(13-30)9-25-21-18(24)12-28-20(29-21)17-11-27-19-16(17)8-15(23)10-26-19/h8,10-12,14H,4-7,9,13H2,1H3,(H,26,27)(H,25,28,29)/t14-/m1/s1. The van der Waals surface area contributed by atoms with Crippen LogP contribution in [0.4, 0.5) is 15.0 Å². The molecule has 0 radical (unpaired) electrons. The summed E-state index contributed by atoms with van der Waals surface area (Å²) in [6, 6.07) is 1.76. The number of carbonyl (C=O) groups is 1. The van der Waals surface area contributed by atoms with Crippen molar-refractivity contribution in [3.63, 3.8) is 0 Å². The van der Waals surface area contributed by atoms with E-state index in [1.807, 2.05) is 0 Å². The zero-order valence-corrected chi connectivity index (χ0v) is 18.2. The minimum absolute atomic E-state index is 0.0816. The molecule has 0 spiro atoms. The first-order valence-corrected chi connectivity index (χ1v) is 10.6. The molecule has 1 atom stereocenters. The number of likely N-dealkylation sites (tertiary alicyclic amines) is 1. The van der Waals surface area contributed by atoms with Gasteiger partial charge in [-0.15, -0.1) is 5.92 Å². The van der Waals surface area contributed by atoms with Crippen LogP contribution in [0.2, 0.25) is 5.02 Å². The number of aromatic amines is 1. The summed E-state index contributed by atoms with van der Waals surface area (Å²) in [4.78, 5) is 29.6. The number of ether oxygens (including phenoxy) is 1. The van der Waals surface area contributed by atoms with E-state index in [0.29, 0.717) is 41.7 Å². The number of hydrogen-bond acceptors (Lipinski definition) is 6. The van der Waals surface area contributed by atoms with E-state index in [9.17, 15) is 9.18 Å². The van der Waals surface area contributed by atoms with Crippen molar-refractivity contribution >= 4 is 34.5 Å². The maximum atomic E-state index is 14.4. The second-order valence-electron chi connectivity index (χ2n) is 7.46. The summed E-state index contributed by atoms with van der Waals surface area (Å²) in [5.41, 5.74) is 1.32. The van der Waals surface area contributed by atoms with Crippen LogP contribution in [0.15, 0.2) is 24.7 Å². The molecule has 32 heavy (non-hydrogen) atoms. The third-order valence-corrected chi connectivity index (χ3v) is 5.47. The highest BCUT2D eigenvalue weighted by molar-refractivity contribution is 6.31. The van der Waals surface area contributed by atoms with E-state index in [1.165, 1.54) is 0 Å². The molecule has 1 aliphatic heterocycles. The Morgan fingerprint density at radius 2 is 2.31 bits per heavy atom. The molecule has 1 saturated heterocycles. The van der Waals surface area contributed by atoms with E-state index < -0.39 is 5.82 Å². The van der Waals surface area contributed by atoms with E-state index in [2.05, 4.69) is 37.1 Å². The molecule has 0 unspecified atom stereocenters. The number of hydrogen-bond donors (Lipinski definition) is 2. The third-order valence-electron chi connectivity index (χ3n) is 5.26. The van der Waals surface area contributed by atoms with Crippen LogP contribution in [0.25, 0.3) is 22.4 Å². The fraction of sp³-hybridized carbons (Fsp3) is 0.364. The Labute approximate surface area is 189 Å². The van der Waals surface area contributed by atoms with Crippen LogP contribution in [0.3, 0.4) is 0 Å². The number of halogens is 2. The lowest BCUT2D eigenvalue weighted by atomic mass is 9.98. The number of nitrogens with zero attached hydrogens (tertiary/aromatic N) is 4. The van der Waals surface area contributed by atoms with E-state index in [0.717, 1.165) is 24.4 Å². The maximum Gasteiger partial charge on any atom is 0.410 e. The first kappa shape index (κ1) is 21.8. The second kappa shape index (κ2) is 9.83. The van der Waals surface area contributed by atoms with Crippen LogP contribution in [0.5, 0.6) is 0 Å². The molecular weight excluding hydrogens is 435 g/mol. The van der Waals surface area contributed by atoms with Gasteiger partial charge in [0.05, 0.1) is 11.2 Å². The minimum Gasteiger partial charge on any atom is -0.436 e.